The largest absolute Gasteiger partial charge is 0.466 e. The summed E-state index contributed by atoms with van der Waals surface area (Å²) in [6.45, 7) is 1.52. The Kier molecular flexibility index (Phi) is 3.24. The molecule has 4 rings (SSSR count). The van der Waals surface area contributed by atoms with Crippen molar-refractivity contribution in [3.05, 3.63) is 46.8 Å². The standard InChI is InChI=1S/C15H12N4O4S/c1-15(10-3-2-5-22-10)13(20)19(14(21)17-15)7-11-16-12(23-18-11)9-4-6-24-8-9/h2-6,8H,7H2,1H3,(H,17,21)/t15-/m1/s1. The fourth-order valence-electron chi connectivity index (χ4n) is 2.53. The molecule has 1 aliphatic heterocycles. The van der Waals surface area contributed by atoms with E-state index < -0.39 is 17.5 Å². The Morgan fingerprint density at radius 3 is 2.96 bits per heavy atom. The Labute approximate surface area is 140 Å². The lowest BCUT2D eigenvalue weighted by atomic mass is 9.99. The highest BCUT2D eigenvalue weighted by atomic mass is 32.1. The zero-order valence-corrected chi connectivity index (χ0v) is 13.4. The molecule has 0 bridgehead atoms. The summed E-state index contributed by atoms with van der Waals surface area (Å²) in [6.07, 6.45) is 1.45. The van der Waals surface area contributed by atoms with Crippen molar-refractivity contribution >= 4 is 23.3 Å². The van der Waals surface area contributed by atoms with Crippen molar-refractivity contribution in [1.82, 2.24) is 20.4 Å². The molecule has 0 aliphatic carbocycles. The summed E-state index contributed by atoms with van der Waals surface area (Å²) < 4.78 is 10.5. The topological polar surface area (TPSA) is 101 Å². The third kappa shape index (κ3) is 2.21. The van der Waals surface area contributed by atoms with Gasteiger partial charge in [0.05, 0.1) is 18.4 Å². The molecule has 1 aliphatic rings. The first kappa shape index (κ1) is 14.6. The molecule has 0 saturated carbocycles. The summed E-state index contributed by atoms with van der Waals surface area (Å²) in [5.41, 5.74) is -0.433. The van der Waals surface area contributed by atoms with E-state index >= 15 is 0 Å². The molecular weight excluding hydrogens is 332 g/mol. The Morgan fingerprint density at radius 1 is 1.38 bits per heavy atom. The molecule has 3 aromatic rings. The van der Waals surface area contributed by atoms with Gasteiger partial charge >= 0.3 is 6.03 Å². The molecule has 122 valence electrons. The molecule has 8 nitrogen and oxygen atoms in total. The van der Waals surface area contributed by atoms with Crippen LogP contribution < -0.4 is 5.32 Å². The molecule has 9 heteroatoms. The van der Waals surface area contributed by atoms with E-state index in [9.17, 15) is 9.59 Å². The van der Waals surface area contributed by atoms with Gasteiger partial charge in [0.15, 0.2) is 11.4 Å². The van der Waals surface area contributed by atoms with Crippen LogP contribution in [0.1, 0.15) is 18.5 Å². The van der Waals surface area contributed by atoms with E-state index in [0.29, 0.717) is 11.7 Å². The van der Waals surface area contributed by atoms with Crippen molar-refractivity contribution in [3.8, 4) is 11.5 Å². The van der Waals surface area contributed by atoms with Gasteiger partial charge < -0.3 is 14.3 Å². The number of hydrogen-bond acceptors (Lipinski definition) is 7. The Morgan fingerprint density at radius 2 is 2.25 bits per heavy atom. The summed E-state index contributed by atoms with van der Waals surface area (Å²) in [4.78, 5) is 30.2. The van der Waals surface area contributed by atoms with Gasteiger partial charge in [-0.3, -0.25) is 9.69 Å². The van der Waals surface area contributed by atoms with Gasteiger partial charge in [0.25, 0.3) is 11.8 Å². The number of nitrogens with zero attached hydrogens (tertiary/aromatic N) is 3. The number of thiophene rings is 1. The molecule has 24 heavy (non-hydrogen) atoms. The van der Waals surface area contributed by atoms with Crippen molar-refractivity contribution in [1.29, 1.82) is 0 Å². The molecule has 3 amide bonds. The van der Waals surface area contributed by atoms with Gasteiger partial charge in [0.2, 0.25) is 0 Å². The minimum absolute atomic E-state index is 0.0748. The maximum absolute atomic E-state index is 12.7. The normalized spacial score (nSPS) is 20.6. The Balaban J connectivity index is 1.57. The van der Waals surface area contributed by atoms with Crippen LogP contribution >= 0.6 is 11.3 Å². The minimum Gasteiger partial charge on any atom is -0.466 e. The first-order valence-electron chi connectivity index (χ1n) is 7.11. The zero-order chi connectivity index (χ0) is 16.7. The van der Waals surface area contributed by atoms with Crippen molar-refractivity contribution < 1.29 is 18.5 Å². The van der Waals surface area contributed by atoms with Gasteiger partial charge in [-0.25, -0.2) is 4.79 Å². The third-order valence-corrected chi connectivity index (χ3v) is 4.51. The van der Waals surface area contributed by atoms with E-state index in [1.165, 1.54) is 17.6 Å². The van der Waals surface area contributed by atoms with Crippen molar-refractivity contribution in [3.63, 3.8) is 0 Å². The molecule has 1 saturated heterocycles. The molecule has 1 fully saturated rings. The van der Waals surface area contributed by atoms with Crippen LogP contribution in [0, 0.1) is 0 Å². The van der Waals surface area contributed by atoms with E-state index in [4.69, 9.17) is 8.94 Å². The molecule has 4 heterocycles. The SMILES string of the molecule is C[C@]1(c2ccco2)NC(=O)N(Cc2noc(-c3ccsc3)n2)C1=O. The Hall–Kier alpha value is -2.94. The number of furan rings is 1. The Bertz CT molecular complexity index is 887. The molecule has 3 aromatic heterocycles. The van der Waals surface area contributed by atoms with Crippen LogP contribution in [0.25, 0.3) is 11.5 Å². The number of nitrogens with one attached hydrogen (secondary N) is 1. The van der Waals surface area contributed by atoms with E-state index in [1.807, 2.05) is 16.8 Å². The number of hydrogen-bond donors (Lipinski definition) is 1. The first-order chi connectivity index (χ1) is 11.6. The van der Waals surface area contributed by atoms with Crippen molar-refractivity contribution in [2.45, 2.75) is 19.0 Å². The minimum atomic E-state index is -1.24. The lowest BCUT2D eigenvalue weighted by molar-refractivity contribution is -0.132. The van der Waals surface area contributed by atoms with Gasteiger partial charge in [0, 0.05) is 5.38 Å². The van der Waals surface area contributed by atoms with Crippen LogP contribution in [0.2, 0.25) is 0 Å². The van der Waals surface area contributed by atoms with Gasteiger partial charge in [-0.15, -0.1) is 0 Å². The number of amides is 3. The van der Waals surface area contributed by atoms with Gasteiger partial charge in [-0.05, 0) is 30.5 Å². The average Bonchev–Trinajstić information content (AvgIpc) is 3.34. The maximum atomic E-state index is 12.7. The summed E-state index contributed by atoms with van der Waals surface area (Å²) in [7, 11) is 0. The first-order valence-corrected chi connectivity index (χ1v) is 8.05. The van der Waals surface area contributed by atoms with E-state index in [0.717, 1.165) is 10.5 Å². The second-order valence-corrected chi connectivity index (χ2v) is 6.23. The number of aromatic nitrogens is 2. The highest BCUT2D eigenvalue weighted by Gasteiger charge is 2.51. The van der Waals surface area contributed by atoms with Crippen LogP contribution in [0.4, 0.5) is 4.79 Å². The molecular formula is C15H12N4O4S. The second-order valence-electron chi connectivity index (χ2n) is 5.45. The van der Waals surface area contributed by atoms with Crippen molar-refractivity contribution in [2.24, 2.45) is 0 Å². The van der Waals surface area contributed by atoms with E-state index in [2.05, 4.69) is 15.5 Å². The van der Waals surface area contributed by atoms with Crippen molar-refractivity contribution in [2.75, 3.05) is 0 Å². The lowest BCUT2D eigenvalue weighted by Crippen LogP contribution is -2.40. The van der Waals surface area contributed by atoms with Crippen LogP contribution in [0.5, 0.6) is 0 Å². The fraction of sp³-hybridized carbons (Fsp3) is 0.200. The number of carbonyl (C=O) groups excluding carboxylic acids is 2. The predicted molar refractivity (Wildman–Crippen MR) is 82.8 cm³/mol. The molecule has 0 unspecified atom stereocenters. The van der Waals surface area contributed by atoms with Crippen LogP contribution in [0.3, 0.4) is 0 Å². The number of urea groups is 1. The summed E-state index contributed by atoms with van der Waals surface area (Å²) in [5.74, 6) is 0.551. The summed E-state index contributed by atoms with van der Waals surface area (Å²) in [5, 5.41) is 10.3. The molecule has 0 radical (unpaired) electrons. The molecule has 0 aromatic carbocycles. The van der Waals surface area contributed by atoms with Gasteiger partial charge in [-0.2, -0.15) is 16.3 Å². The van der Waals surface area contributed by atoms with Crippen LogP contribution in [-0.2, 0) is 16.9 Å². The van der Waals surface area contributed by atoms with E-state index in [1.54, 1.807) is 19.1 Å². The number of rotatable bonds is 4. The molecule has 1 N–H and O–H groups in total. The highest BCUT2D eigenvalue weighted by Crippen LogP contribution is 2.30. The molecule has 1 atom stereocenters. The third-order valence-electron chi connectivity index (χ3n) is 3.82. The lowest BCUT2D eigenvalue weighted by Gasteiger charge is -2.18. The quantitative estimate of drug-likeness (QED) is 0.729. The predicted octanol–water partition coefficient (Wildman–Crippen LogP) is 2.36. The fourth-order valence-corrected chi connectivity index (χ4v) is 3.16. The second kappa shape index (κ2) is 5.31. The van der Waals surface area contributed by atoms with Crippen LogP contribution in [0.15, 0.2) is 44.2 Å². The van der Waals surface area contributed by atoms with Crippen LogP contribution in [-0.4, -0.2) is 27.0 Å². The highest BCUT2D eigenvalue weighted by molar-refractivity contribution is 7.08. The average molecular weight is 344 g/mol. The number of imide groups is 1. The van der Waals surface area contributed by atoms with Gasteiger partial charge in [0.1, 0.15) is 5.76 Å². The molecule has 0 spiro atoms. The summed E-state index contributed by atoms with van der Waals surface area (Å²) >= 11 is 1.51. The van der Waals surface area contributed by atoms with E-state index in [-0.39, 0.29) is 12.4 Å². The number of carbonyl (C=O) groups is 2. The smallest absolute Gasteiger partial charge is 0.325 e. The maximum Gasteiger partial charge on any atom is 0.325 e. The van der Waals surface area contributed by atoms with Gasteiger partial charge in [-0.1, -0.05) is 5.16 Å². The zero-order valence-electron chi connectivity index (χ0n) is 12.6. The monoisotopic (exact) mass is 344 g/mol. The summed E-state index contributed by atoms with van der Waals surface area (Å²) in [6, 6.07) is 4.63.